The third-order valence-corrected chi connectivity index (χ3v) is 3.66. The molecule has 1 fully saturated rings. The summed E-state index contributed by atoms with van der Waals surface area (Å²) in [5.74, 6) is 0. The second kappa shape index (κ2) is 7.83. The Morgan fingerprint density at radius 3 is 2.55 bits per heavy atom. The van der Waals surface area contributed by atoms with Crippen LogP contribution in [0.15, 0.2) is 66.8 Å². The molecule has 1 unspecified atom stereocenters. The zero-order valence-electron chi connectivity index (χ0n) is 12.3. The van der Waals surface area contributed by atoms with Gasteiger partial charge in [-0.2, -0.15) is 0 Å². The molecule has 0 bridgehead atoms. The molecule has 1 heterocycles. The molecule has 1 aliphatic rings. The quantitative estimate of drug-likeness (QED) is 0.824. The fourth-order valence-electron chi connectivity index (χ4n) is 2.67. The highest BCUT2D eigenvalue weighted by Gasteiger charge is 2.23. The Labute approximate surface area is 122 Å². The highest BCUT2D eigenvalue weighted by Crippen LogP contribution is 2.29. The molecule has 106 valence electrons. The largest absolute Gasteiger partial charge is 0.314 e. The number of benzene rings is 1. The Morgan fingerprint density at radius 1 is 1.25 bits per heavy atom. The van der Waals surface area contributed by atoms with Gasteiger partial charge in [-0.3, -0.25) is 4.90 Å². The Morgan fingerprint density at radius 2 is 1.95 bits per heavy atom. The number of hydrogen-bond donors (Lipinski definition) is 1. The van der Waals surface area contributed by atoms with Crippen LogP contribution in [0.3, 0.4) is 0 Å². The summed E-state index contributed by atoms with van der Waals surface area (Å²) in [5.41, 5.74) is 2.60. The predicted octanol–water partition coefficient (Wildman–Crippen LogP) is 3.32. The molecule has 0 spiro atoms. The molecule has 20 heavy (non-hydrogen) atoms. The summed E-state index contributed by atoms with van der Waals surface area (Å²) in [6.07, 6.45) is 8.31. The second-order valence-electron chi connectivity index (χ2n) is 5.00. The van der Waals surface area contributed by atoms with Gasteiger partial charge < -0.3 is 5.32 Å². The predicted molar refractivity (Wildman–Crippen MR) is 86.7 cm³/mol. The van der Waals surface area contributed by atoms with Gasteiger partial charge in [0, 0.05) is 26.2 Å². The van der Waals surface area contributed by atoms with E-state index in [-0.39, 0.29) is 0 Å². The van der Waals surface area contributed by atoms with E-state index in [2.05, 4.69) is 65.4 Å². The lowest BCUT2D eigenvalue weighted by Gasteiger charge is -2.36. The van der Waals surface area contributed by atoms with Crippen LogP contribution in [0.4, 0.5) is 0 Å². The molecule has 0 amide bonds. The highest BCUT2D eigenvalue weighted by atomic mass is 15.2. The molecule has 0 aliphatic carbocycles. The van der Waals surface area contributed by atoms with Crippen molar-refractivity contribution >= 4 is 0 Å². The van der Waals surface area contributed by atoms with Crippen LogP contribution in [0.2, 0.25) is 0 Å². The maximum atomic E-state index is 4.01. The van der Waals surface area contributed by atoms with Crippen molar-refractivity contribution in [1.29, 1.82) is 0 Å². The zero-order valence-corrected chi connectivity index (χ0v) is 12.3. The molecule has 1 aromatic carbocycles. The fraction of sp³-hybridized carbons (Fsp3) is 0.333. The van der Waals surface area contributed by atoms with E-state index in [1.807, 2.05) is 13.0 Å². The van der Waals surface area contributed by atoms with Crippen molar-refractivity contribution in [3.63, 3.8) is 0 Å². The molecule has 2 nitrogen and oxygen atoms in total. The third kappa shape index (κ3) is 3.69. The lowest BCUT2D eigenvalue weighted by molar-refractivity contribution is 0.198. The lowest BCUT2D eigenvalue weighted by Crippen LogP contribution is -2.45. The van der Waals surface area contributed by atoms with Crippen LogP contribution in [0.25, 0.3) is 0 Å². The summed E-state index contributed by atoms with van der Waals surface area (Å²) < 4.78 is 0. The van der Waals surface area contributed by atoms with Gasteiger partial charge in [-0.1, -0.05) is 61.2 Å². The minimum Gasteiger partial charge on any atom is -0.314 e. The summed E-state index contributed by atoms with van der Waals surface area (Å²) in [7, 11) is 0. The van der Waals surface area contributed by atoms with E-state index in [0.29, 0.717) is 6.04 Å². The van der Waals surface area contributed by atoms with Gasteiger partial charge in [0.05, 0.1) is 6.04 Å². The van der Waals surface area contributed by atoms with Crippen molar-refractivity contribution in [1.82, 2.24) is 10.2 Å². The lowest BCUT2D eigenvalue weighted by atomic mass is 9.96. The molecule has 2 rings (SSSR count). The first-order chi connectivity index (χ1) is 9.86. The molecule has 1 N–H and O–H groups in total. The van der Waals surface area contributed by atoms with Gasteiger partial charge in [0.1, 0.15) is 0 Å². The minimum absolute atomic E-state index is 0.298. The van der Waals surface area contributed by atoms with E-state index in [1.54, 1.807) is 0 Å². The molecule has 0 radical (unpaired) electrons. The molecule has 1 aliphatic heterocycles. The van der Waals surface area contributed by atoms with Crippen molar-refractivity contribution < 1.29 is 0 Å². The minimum atomic E-state index is 0.298. The van der Waals surface area contributed by atoms with Crippen LogP contribution in [-0.4, -0.2) is 31.1 Å². The molecule has 0 aromatic heterocycles. The summed E-state index contributed by atoms with van der Waals surface area (Å²) in [5, 5.41) is 3.42. The normalized spacial score (nSPS) is 19.1. The van der Waals surface area contributed by atoms with E-state index in [1.165, 1.54) is 11.1 Å². The number of nitrogens with zero attached hydrogens (tertiary/aromatic N) is 1. The van der Waals surface area contributed by atoms with E-state index in [0.717, 1.165) is 26.2 Å². The molecule has 2 heteroatoms. The van der Waals surface area contributed by atoms with Gasteiger partial charge in [0.2, 0.25) is 0 Å². The Kier molecular flexibility index (Phi) is 5.78. The molecule has 1 saturated heterocycles. The third-order valence-electron chi connectivity index (χ3n) is 3.66. The Bertz CT molecular complexity index is 467. The standard InChI is InChI=1S/C18H24N2/c1-3-5-9-16(4-2)18(17-10-7-6-8-11-17)20-14-12-19-13-15-20/h3-11,18-19H,2,12-15H2,1H3/b5-3-,16-9+. The summed E-state index contributed by atoms with van der Waals surface area (Å²) in [4.78, 5) is 2.53. The van der Waals surface area contributed by atoms with Gasteiger partial charge >= 0.3 is 0 Å². The van der Waals surface area contributed by atoms with Crippen molar-refractivity contribution in [2.45, 2.75) is 13.0 Å². The number of hydrogen-bond acceptors (Lipinski definition) is 2. The molecular weight excluding hydrogens is 244 g/mol. The van der Waals surface area contributed by atoms with Crippen molar-refractivity contribution in [3.05, 3.63) is 72.4 Å². The summed E-state index contributed by atoms with van der Waals surface area (Å²) in [6, 6.07) is 11.0. The second-order valence-corrected chi connectivity index (χ2v) is 5.00. The van der Waals surface area contributed by atoms with E-state index >= 15 is 0 Å². The summed E-state index contributed by atoms with van der Waals surface area (Å²) in [6.45, 7) is 10.3. The molecule has 1 aromatic rings. The van der Waals surface area contributed by atoms with Crippen LogP contribution >= 0.6 is 0 Å². The molecule has 0 saturated carbocycles. The van der Waals surface area contributed by atoms with E-state index < -0.39 is 0 Å². The summed E-state index contributed by atoms with van der Waals surface area (Å²) >= 11 is 0. The van der Waals surface area contributed by atoms with Gasteiger partial charge in [-0.15, -0.1) is 0 Å². The highest BCUT2D eigenvalue weighted by molar-refractivity contribution is 5.36. The van der Waals surface area contributed by atoms with Crippen molar-refractivity contribution in [2.75, 3.05) is 26.2 Å². The average Bonchev–Trinajstić information content (AvgIpc) is 2.53. The first kappa shape index (κ1) is 14.8. The van der Waals surface area contributed by atoms with Crippen LogP contribution in [0, 0.1) is 0 Å². The first-order valence-corrected chi connectivity index (χ1v) is 7.32. The first-order valence-electron chi connectivity index (χ1n) is 7.32. The smallest absolute Gasteiger partial charge is 0.0602 e. The van der Waals surface area contributed by atoms with Gasteiger partial charge in [-0.05, 0) is 18.1 Å². The SMILES string of the molecule is C=C/C(=C\C=C/C)C(c1ccccc1)N1CCNCC1. The van der Waals surface area contributed by atoms with E-state index in [9.17, 15) is 0 Å². The van der Waals surface area contributed by atoms with Gasteiger partial charge in [-0.25, -0.2) is 0 Å². The molecular formula is C18H24N2. The number of nitrogens with one attached hydrogen (secondary N) is 1. The monoisotopic (exact) mass is 268 g/mol. The number of rotatable bonds is 5. The fourth-order valence-corrected chi connectivity index (χ4v) is 2.67. The zero-order chi connectivity index (χ0) is 14.2. The Balaban J connectivity index is 2.34. The van der Waals surface area contributed by atoms with Crippen LogP contribution in [-0.2, 0) is 0 Å². The number of piperazine rings is 1. The van der Waals surface area contributed by atoms with Crippen LogP contribution < -0.4 is 5.32 Å². The van der Waals surface area contributed by atoms with E-state index in [4.69, 9.17) is 0 Å². The van der Waals surface area contributed by atoms with Crippen LogP contribution in [0.1, 0.15) is 18.5 Å². The van der Waals surface area contributed by atoms with Crippen molar-refractivity contribution in [2.24, 2.45) is 0 Å². The average molecular weight is 268 g/mol. The molecule has 1 atom stereocenters. The van der Waals surface area contributed by atoms with Gasteiger partial charge in [0.15, 0.2) is 0 Å². The van der Waals surface area contributed by atoms with Crippen molar-refractivity contribution in [3.8, 4) is 0 Å². The Hall–Kier alpha value is -1.64. The maximum absolute atomic E-state index is 4.01. The van der Waals surface area contributed by atoms with Gasteiger partial charge in [0.25, 0.3) is 0 Å². The van der Waals surface area contributed by atoms with Crippen LogP contribution in [0.5, 0.6) is 0 Å². The maximum Gasteiger partial charge on any atom is 0.0602 e. The topological polar surface area (TPSA) is 15.3 Å². The number of allylic oxidation sites excluding steroid dienone is 3.